The van der Waals surface area contributed by atoms with Gasteiger partial charge in [-0.2, -0.15) is 22.0 Å². The van der Waals surface area contributed by atoms with E-state index < -0.39 is 18.5 Å². The molecule has 0 saturated carbocycles. The zero-order valence-corrected chi connectivity index (χ0v) is 31.2. The molecular weight excluding hydrogens is 659 g/mol. The van der Waals surface area contributed by atoms with Gasteiger partial charge in [0.2, 0.25) is 0 Å². The molecule has 0 aromatic heterocycles. The Labute approximate surface area is 296 Å². The maximum atomic E-state index is 13.1. The summed E-state index contributed by atoms with van der Waals surface area (Å²) in [5.74, 6) is -2.68. The van der Waals surface area contributed by atoms with Crippen LogP contribution in [-0.2, 0) is 9.53 Å². The number of unbranched alkanes of at least 4 members (excludes halogenated alkanes) is 8. The molecule has 4 nitrogen and oxygen atoms in total. The average Bonchev–Trinajstić information content (AvgIpc) is 3.08. The van der Waals surface area contributed by atoms with Crippen LogP contribution in [0.3, 0.4) is 0 Å². The molecule has 1 aliphatic heterocycles. The maximum Gasteiger partial charge on any atom is 0.453 e. The third kappa shape index (κ3) is 15.7. The van der Waals surface area contributed by atoms with Gasteiger partial charge in [-0.15, -0.1) is 11.8 Å². The number of hydrogen-bond acceptors (Lipinski definition) is 5. The first-order valence-electron chi connectivity index (χ1n) is 18.6. The molecule has 49 heavy (non-hydrogen) atoms. The zero-order chi connectivity index (χ0) is 36.9. The van der Waals surface area contributed by atoms with Gasteiger partial charge in [-0.25, -0.2) is 0 Å². The Kier molecular flexibility index (Phi) is 22.0. The summed E-state index contributed by atoms with van der Waals surface area (Å²) < 4.78 is 68.3. The van der Waals surface area contributed by atoms with Crippen LogP contribution in [0, 0.1) is 11.8 Å². The number of alkyl halides is 5. The van der Waals surface area contributed by atoms with E-state index in [0.717, 1.165) is 62.0 Å². The van der Waals surface area contributed by atoms with E-state index in [2.05, 4.69) is 12.1 Å². The van der Waals surface area contributed by atoms with Crippen molar-refractivity contribution in [3.05, 3.63) is 47.2 Å². The van der Waals surface area contributed by atoms with Crippen LogP contribution in [0.15, 0.2) is 46.6 Å². The number of carbonyl (C=O) groups is 1. The van der Waals surface area contributed by atoms with E-state index >= 15 is 0 Å². The summed E-state index contributed by atoms with van der Waals surface area (Å²) in [6.07, 6.45) is 8.51. The van der Waals surface area contributed by atoms with Gasteiger partial charge in [0.15, 0.2) is 0 Å². The van der Waals surface area contributed by atoms with Crippen LogP contribution in [-0.4, -0.2) is 40.6 Å². The predicted octanol–water partition coefficient (Wildman–Crippen LogP) is 13.3. The second kappa shape index (κ2) is 24.0. The molecule has 10 heteroatoms. The summed E-state index contributed by atoms with van der Waals surface area (Å²) in [5, 5.41) is 19.8. The van der Waals surface area contributed by atoms with Crippen LogP contribution in [0.1, 0.15) is 149 Å². The lowest BCUT2D eigenvalue weighted by molar-refractivity contribution is -0.284. The van der Waals surface area contributed by atoms with Gasteiger partial charge in [0.1, 0.15) is 5.75 Å². The van der Waals surface area contributed by atoms with Crippen molar-refractivity contribution in [2.45, 2.75) is 160 Å². The van der Waals surface area contributed by atoms with E-state index in [-0.39, 0.29) is 31.3 Å². The molecule has 3 rings (SSSR count). The van der Waals surface area contributed by atoms with Crippen molar-refractivity contribution in [2.75, 3.05) is 12.4 Å². The van der Waals surface area contributed by atoms with E-state index in [1.807, 2.05) is 39.8 Å². The first-order valence-corrected chi connectivity index (χ1v) is 19.6. The molecule has 0 saturated heterocycles. The molecule has 0 bridgehead atoms. The second-order valence-corrected chi connectivity index (χ2v) is 13.5. The molecule has 0 fully saturated rings. The number of phenolic OH excluding ortho intramolecular Hbond substituents is 1. The van der Waals surface area contributed by atoms with E-state index in [1.165, 1.54) is 11.1 Å². The quantitative estimate of drug-likeness (QED) is 0.0846. The molecule has 2 aliphatic rings. The van der Waals surface area contributed by atoms with Gasteiger partial charge >= 0.3 is 18.1 Å². The first-order chi connectivity index (χ1) is 23.4. The summed E-state index contributed by atoms with van der Waals surface area (Å²) >= 11 is 1.80. The van der Waals surface area contributed by atoms with Gasteiger partial charge in [-0.3, -0.25) is 4.79 Å². The fourth-order valence-electron chi connectivity index (χ4n) is 6.48. The monoisotopic (exact) mass is 720 g/mol. The number of benzene rings is 1. The molecule has 3 atom stereocenters. The molecule has 1 heterocycles. The highest BCUT2D eigenvalue weighted by atomic mass is 32.2. The average molecular weight is 721 g/mol. The van der Waals surface area contributed by atoms with Gasteiger partial charge in [0, 0.05) is 23.5 Å². The fourth-order valence-corrected chi connectivity index (χ4v) is 7.87. The number of aliphatic hydroxyl groups excluding tert-OH is 1. The molecule has 282 valence electrons. The van der Waals surface area contributed by atoms with Crippen molar-refractivity contribution in [3.63, 3.8) is 0 Å². The van der Waals surface area contributed by atoms with E-state index in [1.54, 1.807) is 24.8 Å². The third-order valence-electron chi connectivity index (χ3n) is 9.08. The number of esters is 1. The van der Waals surface area contributed by atoms with Gasteiger partial charge in [0.25, 0.3) is 0 Å². The third-order valence-corrected chi connectivity index (χ3v) is 10.3. The number of aliphatic hydroxyl groups is 1. The molecule has 3 unspecified atom stereocenters. The zero-order valence-electron chi connectivity index (χ0n) is 30.4. The van der Waals surface area contributed by atoms with Crippen molar-refractivity contribution in [3.8, 4) is 5.75 Å². The van der Waals surface area contributed by atoms with Crippen molar-refractivity contribution >= 4 is 17.7 Å². The van der Waals surface area contributed by atoms with E-state index in [0.29, 0.717) is 55.4 Å². The molecule has 2 N–H and O–H groups in total. The number of phenols is 1. The molecule has 1 aliphatic carbocycles. The number of carbonyl (C=O) groups excluding carboxylic acids is 1. The predicted molar refractivity (Wildman–Crippen MR) is 192 cm³/mol. The number of allylic oxidation sites excluding steroid dienone is 4. The SMILES string of the molecule is CC.CC.CCOC(=O)C(CCCCCCCCC1c2ccc(O)cc2SCC1C1=CC=C(O)CC1)CCCCCCC(F)(F)C(F)(F)F. The Morgan fingerprint density at radius 3 is 2.02 bits per heavy atom. The number of aromatic hydroxyl groups is 1. The standard InChI is InChI=1S/C35H49F5O4S.2C2H6/c1-2-44-33(43)26(14-10-7-8-12-22-34(36,37)35(38,39)40)13-9-5-3-4-6-11-15-29-30-21-20-28(42)23-32(30)45-24-31(29)25-16-18-27(41)19-17-25;2*1-2/h16,18,20-21,23,26,29,31,41-42H,2-15,17,19,22,24H2,1H3;2*1-2H3. The highest BCUT2D eigenvalue weighted by molar-refractivity contribution is 7.99. The largest absolute Gasteiger partial charge is 0.512 e. The Balaban J connectivity index is 0.00000289. The topological polar surface area (TPSA) is 66.8 Å². The highest BCUT2D eigenvalue weighted by Crippen LogP contribution is 2.48. The van der Waals surface area contributed by atoms with Crippen LogP contribution in [0.2, 0.25) is 0 Å². The lowest BCUT2D eigenvalue weighted by Gasteiger charge is -2.36. The minimum absolute atomic E-state index is 0.202. The van der Waals surface area contributed by atoms with E-state index in [4.69, 9.17) is 4.74 Å². The number of thioether (sulfide) groups is 1. The fraction of sp³-hybridized carbons (Fsp3) is 0.718. The summed E-state index contributed by atoms with van der Waals surface area (Å²) in [4.78, 5) is 13.6. The summed E-state index contributed by atoms with van der Waals surface area (Å²) in [5.41, 5.74) is 2.70. The number of hydrogen-bond donors (Lipinski definition) is 2. The van der Waals surface area contributed by atoms with Gasteiger partial charge < -0.3 is 14.9 Å². The maximum absolute atomic E-state index is 13.1. The minimum Gasteiger partial charge on any atom is -0.512 e. The summed E-state index contributed by atoms with van der Waals surface area (Å²) in [7, 11) is 0. The van der Waals surface area contributed by atoms with Crippen molar-refractivity contribution in [2.24, 2.45) is 11.8 Å². The summed E-state index contributed by atoms with van der Waals surface area (Å²) in [6.45, 7) is 10.0. The Bertz CT molecular complexity index is 1130. The number of fused-ring (bicyclic) bond motifs is 1. The highest BCUT2D eigenvalue weighted by Gasteiger charge is 2.56. The van der Waals surface area contributed by atoms with Crippen LogP contribution in [0.4, 0.5) is 22.0 Å². The first kappa shape index (κ1) is 44.8. The van der Waals surface area contributed by atoms with Gasteiger partial charge in [-0.1, -0.05) is 103 Å². The Morgan fingerprint density at radius 2 is 1.45 bits per heavy atom. The summed E-state index contributed by atoms with van der Waals surface area (Å²) in [6, 6.07) is 5.71. The smallest absolute Gasteiger partial charge is 0.453 e. The molecule has 1 aromatic carbocycles. The molecule has 0 radical (unpaired) electrons. The molecule has 0 amide bonds. The van der Waals surface area contributed by atoms with Crippen molar-refractivity contribution in [1.29, 1.82) is 0 Å². The van der Waals surface area contributed by atoms with Crippen molar-refractivity contribution < 1.29 is 41.7 Å². The Hall–Kier alpha value is -2.23. The van der Waals surface area contributed by atoms with Crippen LogP contribution < -0.4 is 0 Å². The number of ether oxygens (including phenoxy) is 1. The number of rotatable bonds is 19. The molecular formula is C39H61F5O4S. The molecule has 0 spiro atoms. The van der Waals surface area contributed by atoms with E-state index in [9.17, 15) is 37.0 Å². The Morgan fingerprint density at radius 1 is 0.857 bits per heavy atom. The van der Waals surface area contributed by atoms with Gasteiger partial charge in [-0.05, 0) is 74.6 Å². The normalized spacial score (nSPS) is 18.1. The van der Waals surface area contributed by atoms with Crippen LogP contribution >= 0.6 is 11.8 Å². The lowest BCUT2D eigenvalue weighted by Crippen LogP contribution is -2.36. The van der Waals surface area contributed by atoms with Crippen molar-refractivity contribution in [1.82, 2.24) is 0 Å². The second-order valence-electron chi connectivity index (χ2n) is 12.4. The number of halogens is 5. The minimum atomic E-state index is -5.51. The van der Waals surface area contributed by atoms with Crippen LogP contribution in [0.5, 0.6) is 5.75 Å². The van der Waals surface area contributed by atoms with Crippen LogP contribution in [0.25, 0.3) is 0 Å². The lowest BCUT2D eigenvalue weighted by atomic mass is 9.76. The molecule has 1 aromatic rings. The van der Waals surface area contributed by atoms with Gasteiger partial charge in [0.05, 0.1) is 18.3 Å².